The van der Waals surface area contributed by atoms with Gasteiger partial charge < -0.3 is 10.1 Å². The van der Waals surface area contributed by atoms with Crippen molar-refractivity contribution in [1.29, 1.82) is 0 Å². The van der Waals surface area contributed by atoms with Crippen molar-refractivity contribution in [3.63, 3.8) is 0 Å². The summed E-state index contributed by atoms with van der Waals surface area (Å²) in [5.41, 5.74) is 6.60. The van der Waals surface area contributed by atoms with E-state index >= 15 is 0 Å². The molecule has 2 aromatic rings. The standard InChI is InChI=1S/C20H21N3O4S/c1-11-6-7-16-12(8-11)9-17(28-16)20(26)23-22-18(24)10-15-19(25)21-13-4-2-3-5-14(13)27-15/h2-5,9,11,15H,6-8,10H2,1H3,(H,21,25)(H,22,24)(H,23,26)/t11-,15-/m0/s1. The number of thiophene rings is 1. The lowest BCUT2D eigenvalue weighted by Crippen LogP contribution is -2.46. The highest BCUT2D eigenvalue weighted by Gasteiger charge is 2.29. The molecule has 4 rings (SSSR count). The minimum Gasteiger partial charge on any atom is -0.478 e. The zero-order chi connectivity index (χ0) is 19.7. The number of hydrogen-bond acceptors (Lipinski definition) is 5. The number of para-hydroxylation sites is 2. The fraction of sp³-hybridized carbons (Fsp3) is 0.350. The van der Waals surface area contributed by atoms with Crippen molar-refractivity contribution in [1.82, 2.24) is 10.9 Å². The molecule has 0 saturated carbocycles. The van der Waals surface area contributed by atoms with E-state index in [-0.39, 0.29) is 18.2 Å². The van der Waals surface area contributed by atoms with Crippen LogP contribution >= 0.6 is 11.3 Å². The third-order valence-electron chi connectivity index (χ3n) is 4.95. The third-order valence-corrected chi connectivity index (χ3v) is 6.18. The van der Waals surface area contributed by atoms with Gasteiger partial charge in [0.2, 0.25) is 5.91 Å². The number of nitrogens with one attached hydrogen (secondary N) is 3. The van der Waals surface area contributed by atoms with Gasteiger partial charge in [-0.1, -0.05) is 19.1 Å². The Morgan fingerprint density at radius 3 is 2.96 bits per heavy atom. The second-order valence-electron chi connectivity index (χ2n) is 7.21. The molecule has 0 spiro atoms. The van der Waals surface area contributed by atoms with E-state index in [9.17, 15) is 14.4 Å². The summed E-state index contributed by atoms with van der Waals surface area (Å²) in [4.78, 5) is 38.4. The van der Waals surface area contributed by atoms with Crippen LogP contribution in [-0.4, -0.2) is 23.8 Å². The maximum absolute atomic E-state index is 12.3. The first-order valence-corrected chi connectivity index (χ1v) is 10.1. The van der Waals surface area contributed by atoms with Crippen LogP contribution in [0, 0.1) is 5.92 Å². The number of hydrazine groups is 1. The van der Waals surface area contributed by atoms with Gasteiger partial charge in [0.1, 0.15) is 5.75 Å². The van der Waals surface area contributed by atoms with E-state index in [0.29, 0.717) is 22.2 Å². The molecule has 2 aliphatic rings. The highest BCUT2D eigenvalue weighted by molar-refractivity contribution is 7.14. The van der Waals surface area contributed by atoms with Gasteiger partial charge in [0, 0.05) is 4.88 Å². The Morgan fingerprint density at radius 1 is 1.29 bits per heavy atom. The van der Waals surface area contributed by atoms with E-state index < -0.39 is 12.0 Å². The number of fused-ring (bicyclic) bond motifs is 2. The van der Waals surface area contributed by atoms with E-state index in [2.05, 4.69) is 23.1 Å². The lowest BCUT2D eigenvalue weighted by molar-refractivity contribution is -0.130. The zero-order valence-electron chi connectivity index (χ0n) is 15.4. The predicted octanol–water partition coefficient (Wildman–Crippen LogP) is 2.42. The first kappa shape index (κ1) is 18.5. The number of anilines is 1. The quantitative estimate of drug-likeness (QED) is 0.691. The molecule has 1 aromatic heterocycles. The van der Waals surface area contributed by atoms with Crippen LogP contribution in [0.5, 0.6) is 5.75 Å². The minimum absolute atomic E-state index is 0.196. The topological polar surface area (TPSA) is 96.5 Å². The predicted molar refractivity (Wildman–Crippen MR) is 105 cm³/mol. The molecular weight excluding hydrogens is 378 g/mol. The number of carbonyl (C=O) groups excluding carboxylic acids is 3. The van der Waals surface area contributed by atoms with Crippen LogP contribution in [0.1, 0.15) is 39.9 Å². The van der Waals surface area contributed by atoms with Gasteiger partial charge in [-0.3, -0.25) is 25.2 Å². The molecule has 3 amide bonds. The molecule has 2 heterocycles. The molecule has 1 aliphatic heterocycles. The van der Waals surface area contributed by atoms with Crippen LogP contribution in [-0.2, 0) is 22.4 Å². The number of amides is 3. The van der Waals surface area contributed by atoms with Crippen molar-refractivity contribution in [3.05, 3.63) is 45.6 Å². The third kappa shape index (κ3) is 3.87. The first-order chi connectivity index (χ1) is 13.5. The van der Waals surface area contributed by atoms with Crippen molar-refractivity contribution >= 4 is 34.7 Å². The summed E-state index contributed by atoms with van der Waals surface area (Å²) < 4.78 is 5.59. The molecule has 28 heavy (non-hydrogen) atoms. The van der Waals surface area contributed by atoms with Crippen LogP contribution < -0.4 is 20.9 Å². The fourth-order valence-electron chi connectivity index (χ4n) is 3.45. The first-order valence-electron chi connectivity index (χ1n) is 9.27. The van der Waals surface area contributed by atoms with Gasteiger partial charge in [-0.05, 0) is 48.9 Å². The van der Waals surface area contributed by atoms with Gasteiger partial charge in [-0.15, -0.1) is 11.3 Å². The molecule has 146 valence electrons. The van der Waals surface area contributed by atoms with Crippen molar-refractivity contribution in [2.45, 2.75) is 38.7 Å². The van der Waals surface area contributed by atoms with E-state index in [1.54, 1.807) is 24.3 Å². The Balaban J connectivity index is 1.31. The number of benzene rings is 1. The molecular formula is C20H21N3O4S. The number of ether oxygens (including phenoxy) is 1. The summed E-state index contributed by atoms with van der Waals surface area (Å²) >= 11 is 1.47. The molecule has 0 radical (unpaired) electrons. The molecule has 8 heteroatoms. The minimum atomic E-state index is -0.942. The SMILES string of the molecule is C[C@H]1CCc2sc(C(=O)NNC(=O)C[C@@H]3Oc4ccccc4NC3=O)cc2C1. The summed E-state index contributed by atoms with van der Waals surface area (Å²) in [6.45, 7) is 2.21. The Hall–Kier alpha value is -2.87. The Morgan fingerprint density at radius 2 is 2.11 bits per heavy atom. The summed E-state index contributed by atoms with van der Waals surface area (Å²) in [7, 11) is 0. The maximum atomic E-state index is 12.3. The summed E-state index contributed by atoms with van der Waals surface area (Å²) in [6, 6.07) is 8.93. The second kappa shape index (κ2) is 7.63. The van der Waals surface area contributed by atoms with E-state index in [1.165, 1.54) is 21.8 Å². The number of aryl methyl sites for hydroxylation is 1. The van der Waals surface area contributed by atoms with Crippen molar-refractivity contribution in [2.75, 3.05) is 5.32 Å². The number of hydrogen-bond donors (Lipinski definition) is 3. The molecule has 0 fully saturated rings. The largest absolute Gasteiger partial charge is 0.478 e. The summed E-state index contributed by atoms with van der Waals surface area (Å²) in [5, 5.41) is 2.71. The lowest BCUT2D eigenvalue weighted by atomic mass is 9.90. The van der Waals surface area contributed by atoms with Crippen LogP contribution in [0.2, 0.25) is 0 Å². The number of rotatable bonds is 3. The Labute approximate surface area is 166 Å². The smallest absolute Gasteiger partial charge is 0.279 e. The Kier molecular flexibility index (Phi) is 5.04. The molecule has 7 nitrogen and oxygen atoms in total. The molecule has 0 bridgehead atoms. The Bertz CT molecular complexity index is 939. The van der Waals surface area contributed by atoms with Crippen molar-refractivity contribution < 1.29 is 19.1 Å². The van der Waals surface area contributed by atoms with Crippen LogP contribution in [0.4, 0.5) is 5.69 Å². The monoisotopic (exact) mass is 399 g/mol. The van der Waals surface area contributed by atoms with E-state index in [0.717, 1.165) is 19.3 Å². The molecule has 0 saturated heterocycles. The lowest BCUT2D eigenvalue weighted by Gasteiger charge is -2.25. The summed E-state index contributed by atoms with van der Waals surface area (Å²) in [6.07, 6.45) is 1.98. The van der Waals surface area contributed by atoms with Gasteiger partial charge in [-0.25, -0.2) is 0 Å². The zero-order valence-corrected chi connectivity index (χ0v) is 16.2. The normalized spacial score (nSPS) is 20.2. The molecule has 2 atom stereocenters. The average molecular weight is 399 g/mol. The summed E-state index contributed by atoms with van der Waals surface area (Å²) in [5.74, 6) is -0.0883. The second-order valence-corrected chi connectivity index (χ2v) is 8.34. The van der Waals surface area contributed by atoms with Crippen molar-refractivity contribution in [3.8, 4) is 5.75 Å². The van der Waals surface area contributed by atoms with Gasteiger partial charge in [-0.2, -0.15) is 0 Å². The van der Waals surface area contributed by atoms with Crippen LogP contribution in [0.15, 0.2) is 30.3 Å². The van der Waals surface area contributed by atoms with Crippen LogP contribution in [0.25, 0.3) is 0 Å². The maximum Gasteiger partial charge on any atom is 0.279 e. The van der Waals surface area contributed by atoms with E-state index in [4.69, 9.17) is 4.74 Å². The van der Waals surface area contributed by atoms with Gasteiger partial charge >= 0.3 is 0 Å². The van der Waals surface area contributed by atoms with Crippen LogP contribution in [0.3, 0.4) is 0 Å². The molecule has 1 aromatic carbocycles. The number of carbonyl (C=O) groups is 3. The fourth-order valence-corrected chi connectivity index (χ4v) is 4.56. The van der Waals surface area contributed by atoms with Gasteiger partial charge in [0.25, 0.3) is 11.8 Å². The molecule has 3 N–H and O–H groups in total. The molecule has 1 aliphatic carbocycles. The van der Waals surface area contributed by atoms with Gasteiger partial charge in [0.15, 0.2) is 6.10 Å². The van der Waals surface area contributed by atoms with E-state index in [1.807, 2.05) is 6.07 Å². The van der Waals surface area contributed by atoms with Gasteiger partial charge in [0.05, 0.1) is 17.0 Å². The highest BCUT2D eigenvalue weighted by atomic mass is 32.1. The highest BCUT2D eigenvalue weighted by Crippen LogP contribution is 2.32. The average Bonchev–Trinajstić information content (AvgIpc) is 3.10. The van der Waals surface area contributed by atoms with Crippen molar-refractivity contribution in [2.24, 2.45) is 5.92 Å². The molecule has 0 unspecified atom stereocenters.